The second-order valence-corrected chi connectivity index (χ2v) is 7.43. The highest BCUT2D eigenvalue weighted by Crippen LogP contribution is 2.32. The van der Waals surface area contributed by atoms with E-state index in [2.05, 4.69) is 0 Å². The fourth-order valence-corrected chi connectivity index (χ4v) is 4.51. The molecule has 0 unspecified atom stereocenters. The van der Waals surface area contributed by atoms with Gasteiger partial charge in [0, 0.05) is 25.0 Å². The largest absolute Gasteiger partial charge is 0.326 e. The summed E-state index contributed by atoms with van der Waals surface area (Å²) in [7, 11) is -4.27. The molecule has 130 valence electrons. The van der Waals surface area contributed by atoms with E-state index in [0.29, 0.717) is 0 Å². The van der Waals surface area contributed by atoms with Crippen LogP contribution in [0.4, 0.5) is 8.78 Å². The Balaban J connectivity index is 0.00000208. The molecule has 0 amide bonds. The lowest BCUT2D eigenvalue weighted by molar-refractivity contribution is 0.450. The van der Waals surface area contributed by atoms with Crippen molar-refractivity contribution in [3.05, 3.63) is 65.7 Å². The van der Waals surface area contributed by atoms with Crippen LogP contribution in [0.25, 0.3) is 0 Å². The second-order valence-electron chi connectivity index (χ2n) is 5.55. The molecule has 2 N–H and O–H groups in total. The average molecular weight is 375 g/mol. The van der Waals surface area contributed by atoms with Gasteiger partial charge in [-0.25, -0.2) is 17.2 Å². The minimum Gasteiger partial charge on any atom is -0.326 e. The molecule has 1 aliphatic rings. The highest BCUT2D eigenvalue weighted by molar-refractivity contribution is 7.89. The molecule has 0 radical (unpaired) electrons. The summed E-state index contributed by atoms with van der Waals surface area (Å²) < 4.78 is 53.9. The molecule has 1 fully saturated rings. The molecule has 4 nitrogen and oxygen atoms in total. The van der Waals surface area contributed by atoms with Gasteiger partial charge in [0.25, 0.3) is 0 Å². The van der Waals surface area contributed by atoms with Crippen LogP contribution in [0.5, 0.6) is 0 Å². The van der Waals surface area contributed by atoms with Crippen LogP contribution in [0.3, 0.4) is 0 Å². The molecule has 3 rings (SSSR count). The van der Waals surface area contributed by atoms with Gasteiger partial charge < -0.3 is 5.73 Å². The summed E-state index contributed by atoms with van der Waals surface area (Å²) >= 11 is 0. The quantitative estimate of drug-likeness (QED) is 0.897. The molecule has 0 saturated carbocycles. The topological polar surface area (TPSA) is 63.4 Å². The van der Waals surface area contributed by atoms with Crippen molar-refractivity contribution in [1.29, 1.82) is 0 Å². The first kappa shape index (κ1) is 18.8. The predicted molar refractivity (Wildman–Crippen MR) is 89.5 cm³/mol. The van der Waals surface area contributed by atoms with Crippen LogP contribution in [0, 0.1) is 11.6 Å². The van der Waals surface area contributed by atoms with Gasteiger partial charge in [-0.3, -0.25) is 0 Å². The fraction of sp³-hybridized carbons (Fsp3) is 0.250. The van der Waals surface area contributed by atoms with Crippen LogP contribution in [0.1, 0.15) is 11.5 Å². The molecule has 0 aliphatic carbocycles. The van der Waals surface area contributed by atoms with Crippen molar-refractivity contribution >= 4 is 22.4 Å². The van der Waals surface area contributed by atoms with E-state index in [9.17, 15) is 17.2 Å². The van der Waals surface area contributed by atoms with Crippen LogP contribution in [-0.4, -0.2) is 31.9 Å². The zero-order valence-electron chi connectivity index (χ0n) is 12.6. The van der Waals surface area contributed by atoms with Crippen molar-refractivity contribution in [1.82, 2.24) is 4.31 Å². The lowest BCUT2D eigenvalue weighted by atomic mass is 9.95. The maximum absolute atomic E-state index is 13.8. The van der Waals surface area contributed by atoms with E-state index in [1.54, 1.807) is 0 Å². The third kappa shape index (κ3) is 3.30. The Hall–Kier alpha value is -1.54. The van der Waals surface area contributed by atoms with Crippen molar-refractivity contribution in [3.63, 3.8) is 0 Å². The molecular formula is C16H17ClF2N2O2S. The van der Waals surface area contributed by atoms with E-state index in [1.165, 1.54) is 0 Å². The molecule has 2 aromatic carbocycles. The maximum Gasteiger partial charge on any atom is 0.249 e. The lowest BCUT2D eigenvalue weighted by Crippen LogP contribution is -2.33. The molecular weight excluding hydrogens is 358 g/mol. The first-order chi connectivity index (χ1) is 10.9. The normalized spacial score (nSPS) is 21.5. The molecule has 1 saturated heterocycles. The van der Waals surface area contributed by atoms with E-state index < -0.39 is 32.6 Å². The summed E-state index contributed by atoms with van der Waals surface area (Å²) in [5.41, 5.74) is 6.97. The Bertz CT molecular complexity index is 798. The standard InChI is InChI=1S/C16H16F2N2O2S.ClH/c17-13-7-4-8-14(18)16(13)23(21,22)20-9-12(15(19)10-20)11-5-2-1-3-6-11;/h1-8,12,15H,9-10,19H2;1H/t12-,15+;/m0./s1. The third-order valence-corrected chi connectivity index (χ3v) is 5.96. The van der Waals surface area contributed by atoms with Crippen molar-refractivity contribution in [2.75, 3.05) is 13.1 Å². The van der Waals surface area contributed by atoms with Gasteiger partial charge >= 0.3 is 0 Å². The highest BCUT2D eigenvalue weighted by Gasteiger charge is 2.40. The summed E-state index contributed by atoms with van der Waals surface area (Å²) in [5.74, 6) is -2.40. The van der Waals surface area contributed by atoms with Crippen LogP contribution >= 0.6 is 12.4 Å². The monoisotopic (exact) mass is 374 g/mol. The number of sulfonamides is 1. The van der Waals surface area contributed by atoms with E-state index >= 15 is 0 Å². The van der Waals surface area contributed by atoms with E-state index in [-0.39, 0.29) is 31.4 Å². The van der Waals surface area contributed by atoms with Crippen molar-refractivity contribution in [2.45, 2.75) is 16.9 Å². The number of benzene rings is 2. The van der Waals surface area contributed by atoms with Gasteiger partial charge in [-0.15, -0.1) is 12.4 Å². The molecule has 2 atom stereocenters. The Kier molecular flexibility index (Phi) is 5.59. The molecule has 0 aromatic heterocycles. The predicted octanol–water partition coefficient (Wildman–Crippen LogP) is 2.50. The molecule has 0 bridgehead atoms. The second kappa shape index (κ2) is 7.14. The van der Waals surface area contributed by atoms with Crippen molar-refractivity contribution < 1.29 is 17.2 Å². The highest BCUT2D eigenvalue weighted by atomic mass is 35.5. The lowest BCUT2D eigenvalue weighted by Gasteiger charge is -2.17. The van der Waals surface area contributed by atoms with Gasteiger partial charge in [0.15, 0.2) is 4.90 Å². The number of hydrogen-bond acceptors (Lipinski definition) is 3. The molecule has 2 aromatic rings. The van der Waals surface area contributed by atoms with Gasteiger partial charge in [-0.2, -0.15) is 4.31 Å². The van der Waals surface area contributed by atoms with Crippen LogP contribution in [0.2, 0.25) is 0 Å². The first-order valence-corrected chi connectivity index (χ1v) is 8.60. The molecule has 0 spiro atoms. The maximum atomic E-state index is 13.8. The number of rotatable bonds is 3. The Morgan fingerprint density at radius 3 is 2.12 bits per heavy atom. The summed E-state index contributed by atoms with van der Waals surface area (Å²) in [6, 6.07) is 11.8. The summed E-state index contributed by atoms with van der Waals surface area (Å²) in [6.07, 6.45) is 0. The van der Waals surface area contributed by atoms with E-state index in [1.807, 2.05) is 30.3 Å². The Labute approximate surface area is 145 Å². The Morgan fingerprint density at radius 2 is 1.54 bits per heavy atom. The van der Waals surface area contributed by atoms with Gasteiger partial charge in [0.2, 0.25) is 10.0 Å². The average Bonchev–Trinajstić information content (AvgIpc) is 2.90. The molecule has 1 heterocycles. The van der Waals surface area contributed by atoms with Gasteiger partial charge in [-0.05, 0) is 17.7 Å². The zero-order chi connectivity index (χ0) is 16.6. The van der Waals surface area contributed by atoms with E-state index in [4.69, 9.17) is 5.73 Å². The van der Waals surface area contributed by atoms with Crippen LogP contribution in [-0.2, 0) is 10.0 Å². The fourth-order valence-electron chi connectivity index (χ4n) is 2.90. The van der Waals surface area contributed by atoms with Gasteiger partial charge in [0.05, 0.1) is 0 Å². The SMILES string of the molecule is Cl.N[C@@H]1CN(S(=O)(=O)c2c(F)cccc2F)C[C@H]1c1ccccc1. The van der Waals surface area contributed by atoms with Crippen molar-refractivity contribution in [3.8, 4) is 0 Å². The summed E-state index contributed by atoms with van der Waals surface area (Å²) in [4.78, 5) is -0.916. The van der Waals surface area contributed by atoms with E-state index in [0.717, 1.165) is 28.1 Å². The Morgan fingerprint density at radius 1 is 0.958 bits per heavy atom. The zero-order valence-corrected chi connectivity index (χ0v) is 14.2. The summed E-state index contributed by atoms with van der Waals surface area (Å²) in [5, 5.41) is 0. The van der Waals surface area contributed by atoms with Gasteiger partial charge in [-0.1, -0.05) is 36.4 Å². The third-order valence-electron chi connectivity index (χ3n) is 4.08. The number of halogens is 3. The van der Waals surface area contributed by atoms with Crippen LogP contribution in [0.15, 0.2) is 53.4 Å². The van der Waals surface area contributed by atoms with Crippen LogP contribution < -0.4 is 5.73 Å². The number of hydrogen-bond donors (Lipinski definition) is 1. The minimum atomic E-state index is -4.27. The number of nitrogens with zero attached hydrogens (tertiary/aromatic N) is 1. The number of nitrogens with two attached hydrogens (primary N) is 1. The minimum absolute atomic E-state index is 0. The van der Waals surface area contributed by atoms with Crippen molar-refractivity contribution in [2.24, 2.45) is 5.73 Å². The molecule has 24 heavy (non-hydrogen) atoms. The summed E-state index contributed by atoms with van der Waals surface area (Å²) in [6.45, 7) is 0.122. The first-order valence-electron chi connectivity index (χ1n) is 7.16. The smallest absolute Gasteiger partial charge is 0.249 e. The molecule has 8 heteroatoms. The molecule has 1 aliphatic heterocycles. The van der Waals surface area contributed by atoms with Gasteiger partial charge in [0.1, 0.15) is 11.6 Å².